The average molecular weight is 306 g/mol. The third-order valence-corrected chi connectivity index (χ3v) is 5.03. The lowest BCUT2D eigenvalue weighted by molar-refractivity contribution is -0.142. The lowest BCUT2D eigenvalue weighted by atomic mass is 9.92. The second-order valence-corrected chi connectivity index (χ2v) is 6.55. The van der Waals surface area contributed by atoms with Gasteiger partial charge in [0.05, 0.1) is 11.6 Å². The second kappa shape index (κ2) is 5.74. The second-order valence-electron chi connectivity index (χ2n) is 6.55. The van der Waals surface area contributed by atoms with Crippen LogP contribution < -0.4 is 0 Å². The first-order valence-electron chi connectivity index (χ1n) is 7.89. The summed E-state index contributed by atoms with van der Waals surface area (Å²) in [6.07, 6.45) is 3.19. The Morgan fingerprint density at radius 2 is 2.05 bits per heavy atom. The van der Waals surface area contributed by atoms with Crippen LogP contribution in [0.25, 0.3) is 0 Å². The van der Waals surface area contributed by atoms with E-state index < -0.39 is 11.9 Å². The molecule has 6 heteroatoms. The molecular weight excluding hydrogens is 284 g/mol. The van der Waals surface area contributed by atoms with Gasteiger partial charge < -0.3 is 14.5 Å². The van der Waals surface area contributed by atoms with E-state index in [4.69, 9.17) is 4.52 Å². The summed E-state index contributed by atoms with van der Waals surface area (Å²) in [5.41, 5.74) is 1.81. The minimum atomic E-state index is -0.766. The molecule has 1 aromatic rings. The van der Waals surface area contributed by atoms with E-state index >= 15 is 0 Å². The van der Waals surface area contributed by atoms with E-state index in [1.165, 1.54) is 0 Å². The fourth-order valence-corrected chi connectivity index (χ4v) is 3.54. The molecule has 1 aliphatic carbocycles. The summed E-state index contributed by atoms with van der Waals surface area (Å²) in [5, 5.41) is 13.2. The standard InChI is InChI=1S/C16H22N2O4/c1-9-12(10(2)22-17-9)5-6-15(19)18-7-13(11-3-4-11)14(8-18)16(20)21/h11,13-14H,3-8H2,1-2H3,(H,20,21)/t13-,14+/m0/s1. The maximum Gasteiger partial charge on any atom is 0.308 e. The summed E-state index contributed by atoms with van der Waals surface area (Å²) >= 11 is 0. The topological polar surface area (TPSA) is 83.6 Å². The summed E-state index contributed by atoms with van der Waals surface area (Å²) in [5.74, 6) is 0.274. The van der Waals surface area contributed by atoms with Gasteiger partial charge in [-0.2, -0.15) is 0 Å². The fourth-order valence-electron chi connectivity index (χ4n) is 3.54. The Labute approximate surface area is 129 Å². The number of aliphatic carboxylic acids is 1. The van der Waals surface area contributed by atoms with Gasteiger partial charge in [-0.25, -0.2) is 0 Å². The van der Waals surface area contributed by atoms with E-state index in [2.05, 4.69) is 5.16 Å². The highest BCUT2D eigenvalue weighted by atomic mass is 16.5. The molecule has 1 saturated carbocycles. The van der Waals surface area contributed by atoms with Gasteiger partial charge in [0.1, 0.15) is 5.76 Å². The summed E-state index contributed by atoms with van der Waals surface area (Å²) < 4.78 is 5.11. The Morgan fingerprint density at radius 3 is 2.59 bits per heavy atom. The van der Waals surface area contributed by atoms with E-state index in [9.17, 15) is 14.7 Å². The molecular formula is C16H22N2O4. The Bertz CT molecular complexity index is 571. The highest BCUT2D eigenvalue weighted by Gasteiger charge is 2.46. The third-order valence-electron chi connectivity index (χ3n) is 5.03. The number of likely N-dealkylation sites (tertiary alicyclic amines) is 1. The van der Waals surface area contributed by atoms with Crippen molar-refractivity contribution in [2.45, 2.75) is 39.5 Å². The average Bonchev–Trinajstić information content (AvgIpc) is 3.14. The lowest BCUT2D eigenvalue weighted by Crippen LogP contribution is -2.30. The Balaban J connectivity index is 1.60. The van der Waals surface area contributed by atoms with Crippen molar-refractivity contribution < 1.29 is 19.2 Å². The van der Waals surface area contributed by atoms with Crippen LogP contribution in [0.3, 0.4) is 0 Å². The minimum absolute atomic E-state index is 0.0365. The highest BCUT2D eigenvalue weighted by molar-refractivity contribution is 5.79. The van der Waals surface area contributed by atoms with Gasteiger partial charge in [0, 0.05) is 25.1 Å². The molecule has 1 aliphatic heterocycles. The molecule has 0 bridgehead atoms. The van der Waals surface area contributed by atoms with E-state index in [1.807, 2.05) is 13.8 Å². The number of aryl methyl sites for hydroxylation is 2. The van der Waals surface area contributed by atoms with Crippen molar-refractivity contribution in [2.75, 3.05) is 13.1 Å². The van der Waals surface area contributed by atoms with Gasteiger partial charge in [-0.15, -0.1) is 0 Å². The first-order chi connectivity index (χ1) is 10.5. The number of carbonyl (C=O) groups is 2. The first-order valence-corrected chi connectivity index (χ1v) is 7.89. The fraction of sp³-hybridized carbons (Fsp3) is 0.688. The number of hydrogen-bond donors (Lipinski definition) is 1. The van der Waals surface area contributed by atoms with Crippen LogP contribution in [-0.4, -0.2) is 40.1 Å². The molecule has 1 N–H and O–H groups in total. The summed E-state index contributed by atoms with van der Waals surface area (Å²) in [6.45, 7) is 4.67. The van der Waals surface area contributed by atoms with Gasteiger partial charge in [0.15, 0.2) is 0 Å². The van der Waals surface area contributed by atoms with E-state index in [-0.39, 0.29) is 11.8 Å². The highest BCUT2D eigenvalue weighted by Crippen LogP contribution is 2.44. The van der Waals surface area contributed by atoms with Gasteiger partial charge >= 0.3 is 5.97 Å². The van der Waals surface area contributed by atoms with Crippen molar-refractivity contribution in [1.29, 1.82) is 0 Å². The quantitative estimate of drug-likeness (QED) is 0.896. The molecule has 2 aliphatic rings. The molecule has 0 radical (unpaired) electrons. The van der Waals surface area contributed by atoms with Crippen LogP contribution >= 0.6 is 0 Å². The van der Waals surface area contributed by atoms with Crippen LogP contribution in [0.4, 0.5) is 0 Å². The zero-order valence-electron chi connectivity index (χ0n) is 13.0. The summed E-state index contributed by atoms with van der Waals surface area (Å²) in [4.78, 5) is 25.5. The third kappa shape index (κ3) is 2.87. The van der Waals surface area contributed by atoms with Crippen LogP contribution in [0.1, 0.15) is 36.3 Å². The van der Waals surface area contributed by atoms with Gasteiger partial charge in [-0.05, 0) is 44.9 Å². The number of rotatable bonds is 5. The summed E-state index contributed by atoms with van der Waals surface area (Å²) in [7, 11) is 0. The van der Waals surface area contributed by atoms with Crippen molar-refractivity contribution in [3.8, 4) is 0 Å². The van der Waals surface area contributed by atoms with Crippen molar-refractivity contribution in [3.63, 3.8) is 0 Å². The number of aromatic nitrogens is 1. The Morgan fingerprint density at radius 1 is 1.32 bits per heavy atom. The summed E-state index contributed by atoms with van der Waals surface area (Å²) in [6, 6.07) is 0. The van der Waals surface area contributed by atoms with Crippen LogP contribution in [0.2, 0.25) is 0 Å². The normalized spacial score (nSPS) is 24.7. The van der Waals surface area contributed by atoms with E-state index in [0.717, 1.165) is 29.9 Å². The molecule has 1 aromatic heterocycles. The van der Waals surface area contributed by atoms with Crippen LogP contribution in [0.15, 0.2) is 4.52 Å². The zero-order valence-corrected chi connectivity index (χ0v) is 13.0. The van der Waals surface area contributed by atoms with Gasteiger partial charge in [0.2, 0.25) is 5.91 Å². The maximum absolute atomic E-state index is 12.4. The lowest BCUT2D eigenvalue weighted by Gasteiger charge is -2.16. The molecule has 120 valence electrons. The molecule has 22 heavy (non-hydrogen) atoms. The number of carboxylic acids is 1. The number of carboxylic acid groups (broad SMARTS) is 1. The van der Waals surface area contributed by atoms with Crippen molar-refractivity contribution in [3.05, 3.63) is 17.0 Å². The van der Waals surface area contributed by atoms with Crippen molar-refractivity contribution in [2.24, 2.45) is 17.8 Å². The maximum atomic E-state index is 12.4. The molecule has 3 rings (SSSR count). The molecule has 2 heterocycles. The van der Waals surface area contributed by atoms with Crippen molar-refractivity contribution >= 4 is 11.9 Å². The largest absolute Gasteiger partial charge is 0.481 e. The molecule has 2 atom stereocenters. The molecule has 6 nitrogen and oxygen atoms in total. The zero-order chi connectivity index (χ0) is 15.9. The van der Waals surface area contributed by atoms with Crippen LogP contribution in [-0.2, 0) is 16.0 Å². The van der Waals surface area contributed by atoms with Gasteiger partial charge in [0.25, 0.3) is 0 Å². The van der Waals surface area contributed by atoms with E-state index in [0.29, 0.717) is 31.8 Å². The molecule has 0 unspecified atom stereocenters. The predicted octanol–water partition coefficient (Wildman–Crippen LogP) is 1.79. The monoisotopic (exact) mass is 306 g/mol. The number of amides is 1. The molecule has 0 spiro atoms. The smallest absolute Gasteiger partial charge is 0.308 e. The molecule has 1 saturated heterocycles. The molecule has 0 aromatic carbocycles. The SMILES string of the molecule is Cc1noc(C)c1CCC(=O)N1C[C@@H](C(=O)O)[C@H](C2CC2)C1. The number of nitrogens with zero attached hydrogens (tertiary/aromatic N) is 2. The van der Waals surface area contributed by atoms with Crippen molar-refractivity contribution in [1.82, 2.24) is 10.1 Å². The predicted molar refractivity (Wildman–Crippen MR) is 78.2 cm³/mol. The Hall–Kier alpha value is -1.85. The van der Waals surface area contributed by atoms with Gasteiger partial charge in [-0.3, -0.25) is 9.59 Å². The minimum Gasteiger partial charge on any atom is -0.481 e. The number of hydrogen-bond acceptors (Lipinski definition) is 4. The van der Waals surface area contributed by atoms with Crippen LogP contribution in [0, 0.1) is 31.6 Å². The molecule has 1 amide bonds. The van der Waals surface area contributed by atoms with Crippen LogP contribution in [0.5, 0.6) is 0 Å². The Kier molecular flexibility index (Phi) is 3.93. The number of carbonyl (C=O) groups excluding carboxylic acids is 1. The first kappa shape index (κ1) is 15.1. The van der Waals surface area contributed by atoms with E-state index in [1.54, 1.807) is 4.90 Å². The van der Waals surface area contributed by atoms with Gasteiger partial charge in [-0.1, -0.05) is 5.16 Å². The molecule has 2 fully saturated rings.